The molecule has 4 aromatic rings. The van der Waals surface area contributed by atoms with Crippen LogP contribution in [0.4, 0.5) is 50.3 Å². The number of carboxylic acids is 1. The Hall–Kier alpha value is -11.7. The van der Waals surface area contributed by atoms with Gasteiger partial charge in [0.05, 0.1) is 33.3 Å². The van der Waals surface area contributed by atoms with Crippen LogP contribution in [0.2, 0.25) is 0 Å². The predicted molar refractivity (Wildman–Crippen MR) is 554 cm³/mol. The van der Waals surface area contributed by atoms with Gasteiger partial charge in [0.2, 0.25) is 34.8 Å². The van der Waals surface area contributed by atoms with E-state index in [1.54, 1.807) is 83.1 Å². The molecule has 1 saturated carbocycles. The fraction of sp³-hybridized carbons (Fsp3) is 0.655. The number of ketones is 2. The second kappa shape index (κ2) is 76.8. The van der Waals surface area contributed by atoms with Gasteiger partial charge < -0.3 is 100 Å². The van der Waals surface area contributed by atoms with E-state index in [-0.39, 0.29) is 85.8 Å². The number of rotatable bonds is 56. The van der Waals surface area contributed by atoms with E-state index in [1.165, 1.54) is 13.8 Å². The molecule has 8 atom stereocenters. The van der Waals surface area contributed by atoms with Crippen LogP contribution in [-0.2, 0) is 115 Å². The van der Waals surface area contributed by atoms with Gasteiger partial charge in [-0.05, 0) is 255 Å². The van der Waals surface area contributed by atoms with E-state index in [1.807, 2.05) is 126 Å². The minimum absolute atomic E-state index is 0.0363. The molecule has 5 rings (SSSR count). The lowest BCUT2D eigenvalue weighted by Crippen LogP contribution is -2.48. The van der Waals surface area contributed by atoms with Crippen LogP contribution >= 0.6 is 0 Å². The number of unbranched alkanes of at least 4 members (excludes halogenated alkanes) is 13. The topological polar surface area (TPSA) is 482 Å². The minimum Gasteiger partial charge on any atom is -0.480 e. The molecule has 1 aliphatic rings. The molecule has 1 fully saturated rings. The maximum absolute atomic E-state index is 13.6. The fourth-order valence-electron chi connectivity index (χ4n) is 14.1. The van der Waals surface area contributed by atoms with E-state index in [0.29, 0.717) is 149 Å². The van der Waals surface area contributed by atoms with Crippen molar-refractivity contribution in [1.29, 1.82) is 0 Å². The zero-order valence-electron chi connectivity index (χ0n) is 92.5. The number of amides is 5. The zero-order chi connectivity index (χ0) is 114. The molecule has 0 spiro atoms. The van der Waals surface area contributed by atoms with Crippen molar-refractivity contribution < 1.29 is 157 Å². The summed E-state index contributed by atoms with van der Waals surface area (Å²) in [6, 6.07) is 26.7. The van der Waals surface area contributed by atoms with Crippen LogP contribution in [0, 0.1) is 46.8 Å². The quantitative estimate of drug-likeness (QED) is 0.00387. The van der Waals surface area contributed by atoms with Crippen molar-refractivity contribution in [2.75, 3.05) is 46.5 Å². The average Bonchev–Trinajstić information content (AvgIpc) is 0.766. The number of hydrogen-bond donors (Lipinski definition) is 8. The third kappa shape index (κ3) is 71.9. The number of carbonyl (C=O) groups is 14. The Bertz CT molecular complexity index is 4590. The Labute approximate surface area is 883 Å². The van der Waals surface area contributed by atoms with Gasteiger partial charge in [-0.25, -0.2) is 41.9 Å². The van der Waals surface area contributed by atoms with E-state index in [9.17, 15) is 93.5 Å². The van der Waals surface area contributed by atoms with Crippen LogP contribution in [0.3, 0.4) is 0 Å². The number of nitrogens with two attached hydrogens (primary N) is 2. The predicted octanol–water partition coefficient (Wildman–Crippen LogP) is 21.4. The molecular formula is C110H171F6N7O27. The van der Waals surface area contributed by atoms with Gasteiger partial charge in [0.25, 0.3) is 0 Å². The van der Waals surface area contributed by atoms with E-state index in [2.05, 4.69) is 31.3 Å². The number of alkyl carbamates (subject to hydrolysis) is 5. The van der Waals surface area contributed by atoms with Gasteiger partial charge >= 0.3 is 72.3 Å². The van der Waals surface area contributed by atoms with E-state index in [0.717, 1.165) is 87.3 Å². The summed E-state index contributed by atoms with van der Waals surface area (Å²) in [7, 11) is -1.00. The summed E-state index contributed by atoms with van der Waals surface area (Å²) in [5.74, 6) is -16.7. The van der Waals surface area contributed by atoms with Crippen LogP contribution in [0.1, 0.15) is 342 Å². The number of carbonyl (C=O) groups excluding carboxylic acids is 13. The summed E-state index contributed by atoms with van der Waals surface area (Å²) in [5, 5.41) is 22.2. The molecule has 34 nitrogen and oxygen atoms in total. The first-order valence-electron chi connectivity index (χ1n) is 52.2. The standard InChI is InChI=1S/C30H48N2O7.C25H31F5O7.C25H40N2O5.C16H30N2O6.C13H19NO2.CH3F/c1-29(2,3)38-27(35)31-21-15-14-18-24(32-28(36)39-30(4,5)6)25(33)19-12-7-8-13-20-26(34)37-22-23-16-10-9-11-17-23;1-12-13(2)24(36-15(4)32)16(11-35-14(3)31)10-17(12)34-9-7-5-6-8-18(33)37-25-22(29)20(27)19(26)21(28)23(25)30;1-25(2,3)32-24(30)27-18-12-11-15-21(26)22(28)16-9-4-5-10-17-23(29)31-19-20-13-7-6-8-14-20;1-15(2,3)23-13(21)17-10-8-7-9-11(12(19)20)18-14(22)24-16(4,5)6;14-10-6-2-5-9-13(15)16-11-12-7-3-1-4-8-12;1-2/h9-11,16-17,24H,7-8,12-15,18-22H2,1-6H3,(H,31,35)(H,32,36);12-13,16-17,24H,5-11H2,1-4H3;6-8,13-14,21H,4-5,9-12,15-19,26H2,1-3H3,(H,27,30);11H,7-10H2,1-6H3,(H,17,21)(H,18,22)(H,19,20);1,3-4,7-8H,2,5-6,9-11,14H2;1H3/t24-;;21-;11-;;/m0.00../s1/i;;;;;1D. The Morgan fingerprint density at radius 3 is 1.09 bits per heavy atom. The average molecular weight is 2140 g/mol. The molecule has 10 N–H and O–H groups in total. The second-order valence-electron chi connectivity index (χ2n) is 41.1. The van der Waals surface area contributed by atoms with Crippen molar-refractivity contribution in [3.8, 4) is 5.75 Å². The van der Waals surface area contributed by atoms with Crippen molar-refractivity contribution >= 4 is 83.8 Å². The van der Waals surface area contributed by atoms with Crippen molar-refractivity contribution in [2.45, 2.75) is 402 Å². The fourth-order valence-corrected chi connectivity index (χ4v) is 14.1. The second-order valence-corrected chi connectivity index (χ2v) is 41.1. The summed E-state index contributed by atoms with van der Waals surface area (Å²) in [6.45, 7) is 36.4. The lowest BCUT2D eigenvalue weighted by atomic mass is 9.72. The van der Waals surface area contributed by atoms with Gasteiger partial charge in [-0.2, -0.15) is 8.78 Å². The van der Waals surface area contributed by atoms with Gasteiger partial charge in [-0.15, -0.1) is 0 Å². The Morgan fingerprint density at radius 1 is 0.400 bits per heavy atom. The molecule has 5 amide bonds. The van der Waals surface area contributed by atoms with Crippen LogP contribution in [0.15, 0.2) is 91.0 Å². The smallest absolute Gasteiger partial charge is 0.408 e. The molecule has 5 unspecified atom stereocenters. The summed E-state index contributed by atoms with van der Waals surface area (Å²) in [6.07, 6.45) is 14.4. The molecule has 850 valence electrons. The zero-order valence-corrected chi connectivity index (χ0v) is 91.5. The highest BCUT2D eigenvalue weighted by Crippen LogP contribution is 2.39. The number of alkyl halides is 1. The summed E-state index contributed by atoms with van der Waals surface area (Å²) in [5.41, 5.74) is 11.3. The van der Waals surface area contributed by atoms with E-state index < -0.39 is 149 Å². The number of halogens is 6. The van der Waals surface area contributed by atoms with Crippen LogP contribution < -0.4 is 42.8 Å². The first-order chi connectivity index (χ1) is 70.8. The number of aliphatic carboxylic acids is 1. The van der Waals surface area contributed by atoms with Crippen molar-refractivity contribution in [3.05, 3.63) is 137 Å². The minimum atomic E-state index is -2.34. The molecule has 0 aliphatic heterocycles. The molecule has 0 bridgehead atoms. The summed E-state index contributed by atoms with van der Waals surface area (Å²) < 4.78 is 145. The summed E-state index contributed by atoms with van der Waals surface area (Å²) in [4.78, 5) is 165. The molecule has 0 aromatic heterocycles. The van der Waals surface area contributed by atoms with E-state index in [4.69, 9.17) is 70.1 Å². The van der Waals surface area contributed by atoms with Gasteiger partial charge in [0.1, 0.15) is 65.8 Å². The molecule has 1 aliphatic carbocycles. The molecular weight excluding hydrogens is 1970 g/mol. The number of nitrogens with one attached hydrogen (secondary N) is 5. The van der Waals surface area contributed by atoms with Crippen molar-refractivity contribution in [3.63, 3.8) is 0 Å². The first kappa shape index (κ1) is 136. The van der Waals surface area contributed by atoms with Gasteiger partial charge in [-0.1, -0.05) is 143 Å². The Balaban J connectivity index is 0.00000190. The van der Waals surface area contributed by atoms with Gasteiger partial charge in [0.15, 0.2) is 5.78 Å². The van der Waals surface area contributed by atoms with Crippen molar-refractivity contribution in [2.24, 2.45) is 29.2 Å². The molecule has 0 heterocycles. The number of esters is 6. The van der Waals surface area contributed by atoms with Gasteiger partial charge in [-0.3, -0.25) is 42.7 Å². The Kier molecular flexibility index (Phi) is 69.8. The maximum atomic E-state index is 13.6. The first-order valence-corrected chi connectivity index (χ1v) is 51.5. The van der Waals surface area contributed by atoms with Crippen LogP contribution in [-0.4, -0.2) is 194 Å². The summed E-state index contributed by atoms with van der Waals surface area (Å²) >= 11 is 0. The maximum Gasteiger partial charge on any atom is 0.408 e. The number of benzene rings is 4. The Morgan fingerprint density at radius 2 is 0.727 bits per heavy atom. The molecule has 40 heteroatoms. The lowest BCUT2D eigenvalue weighted by Gasteiger charge is -2.43. The third-order valence-corrected chi connectivity index (χ3v) is 21.7. The molecule has 0 radical (unpaired) electrons. The number of Topliss-reactive ketones (excluding diaryl/α,β-unsaturated/α-hetero) is 2. The lowest BCUT2D eigenvalue weighted by molar-refractivity contribution is -0.170. The number of ether oxygens (including phenoxy) is 12. The SMILES string of the molecule is CC(=O)OCC1CC(OCCCCCC(=O)Oc2c(F)c(F)c(F)c(F)c2F)C(C)C(C)C1OC(C)=O.CC(C)(C)OC(=O)NCCCC[C@H](N)C(=O)CCCCCCC(=O)OCc1ccccc1.CC(C)(C)OC(=O)NCCCC[C@H](NC(=O)OC(C)(C)C)C(=O)CCCCCCC(=O)OCc1ccccc1.CC(C)(C)OC(=O)NCCCC[C@H](NC(=O)OC(C)(C)C)C(=O)O.NCCCCCC(=O)OCc1ccccc1.[2H]CF. The van der Waals surface area contributed by atoms with Gasteiger partial charge in [0, 0.05) is 84.5 Å². The van der Waals surface area contributed by atoms with Crippen LogP contribution in [0.25, 0.3) is 0 Å². The molecule has 0 saturated heterocycles. The molecule has 150 heavy (non-hydrogen) atoms. The monoisotopic (exact) mass is 2140 g/mol. The number of hydrogen-bond acceptors (Lipinski definition) is 28. The highest BCUT2D eigenvalue weighted by atomic mass is 19.2. The third-order valence-electron chi connectivity index (χ3n) is 21.7. The van der Waals surface area contributed by atoms with E-state index >= 15 is 0 Å². The largest absolute Gasteiger partial charge is 0.480 e. The highest BCUT2D eigenvalue weighted by Gasteiger charge is 2.44. The number of carboxylic acid groups (broad SMARTS) is 1. The normalized spacial score (nSPS) is 14.8. The highest BCUT2D eigenvalue weighted by molar-refractivity contribution is 5.87. The van der Waals surface area contributed by atoms with Crippen LogP contribution in [0.5, 0.6) is 5.75 Å². The van der Waals surface area contributed by atoms with Crippen molar-refractivity contribution in [1.82, 2.24) is 26.6 Å². The molecule has 4 aromatic carbocycles.